The maximum Gasteiger partial charge on any atom is 0.229 e. The Morgan fingerprint density at radius 2 is 1.71 bits per heavy atom. The van der Waals surface area contributed by atoms with Crippen molar-refractivity contribution in [3.05, 3.63) is 59.3 Å². The van der Waals surface area contributed by atoms with E-state index < -0.39 is 5.82 Å². The topological polar surface area (TPSA) is 70.1 Å². The molecule has 1 aromatic carbocycles. The zero-order valence-corrected chi connectivity index (χ0v) is 16.1. The van der Waals surface area contributed by atoms with E-state index in [2.05, 4.69) is 35.1 Å². The first-order valence-corrected chi connectivity index (χ1v) is 9.31. The smallest absolute Gasteiger partial charge is 0.229 e. The summed E-state index contributed by atoms with van der Waals surface area (Å²) in [7, 11) is 0. The lowest BCUT2D eigenvalue weighted by molar-refractivity contribution is 0.628. The van der Waals surface area contributed by atoms with Gasteiger partial charge in [-0.05, 0) is 31.2 Å². The van der Waals surface area contributed by atoms with E-state index >= 15 is 0 Å². The minimum Gasteiger partial charge on any atom is -0.353 e. The third-order valence-electron chi connectivity index (χ3n) is 4.46. The van der Waals surface area contributed by atoms with Crippen LogP contribution in [-0.4, -0.2) is 46.1 Å². The molecule has 1 aliphatic rings. The molecule has 1 N–H and O–H groups in total. The lowest BCUT2D eigenvalue weighted by Gasteiger charge is -2.35. The van der Waals surface area contributed by atoms with Crippen LogP contribution in [0.2, 0.25) is 5.02 Å². The Hall–Kier alpha value is -3.00. The van der Waals surface area contributed by atoms with Crippen molar-refractivity contribution in [3.63, 3.8) is 0 Å². The molecule has 2 aromatic heterocycles. The van der Waals surface area contributed by atoms with Gasteiger partial charge >= 0.3 is 0 Å². The fraction of sp³-hybridized carbons (Fsp3) is 0.263. The largest absolute Gasteiger partial charge is 0.353 e. The van der Waals surface area contributed by atoms with Gasteiger partial charge in [0.1, 0.15) is 11.6 Å². The molecular formula is C19H19ClFN7. The summed E-state index contributed by atoms with van der Waals surface area (Å²) >= 11 is 5.85. The third kappa shape index (κ3) is 4.12. The second-order valence-corrected chi connectivity index (χ2v) is 6.88. The van der Waals surface area contributed by atoms with Gasteiger partial charge in [-0.2, -0.15) is 4.98 Å². The van der Waals surface area contributed by atoms with Crippen LogP contribution in [0.4, 0.5) is 27.8 Å². The minimum atomic E-state index is -0.460. The Morgan fingerprint density at radius 1 is 1.00 bits per heavy atom. The van der Waals surface area contributed by atoms with E-state index in [-0.39, 0.29) is 5.02 Å². The highest BCUT2D eigenvalue weighted by Gasteiger charge is 2.20. The van der Waals surface area contributed by atoms with Gasteiger partial charge in [0.2, 0.25) is 11.9 Å². The van der Waals surface area contributed by atoms with Crippen molar-refractivity contribution in [1.82, 2.24) is 19.9 Å². The molecule has 0 atom stereocenters. The van der Waals surface area contributed by atoms with E-state index in [1.54, 1.807) is 18.5 Å². The Bertz CT molecular complexity index is 962. The first-order valence-electron chi connectivity index (χ1n) is 8.93. The second-order valence-electron chi connectivity index (χ2n) is 6.47. The number of anilines is 4. The van der Waals surface area contributed by atoms with Crippen LogP contribution < -0.4 is 15.1 Å². The number of rotatable bonds is 4. The maximum atomic E-state index is 13.4. The van der Waals surface area contributed by atoms with Gasteiger partial charge in [0.05, 0.1) is 5.02 Å². The van der Waals surface area contributed by atoms with Crippen LogP contribution in [0.25, 0.3) is 0 Å². The van der Waals surface area contributed by atoms with Gasteiger partial charge < -0.3 is 15.1 Å². The summed E-state index contributed by atoms with van der Waals surface area (Å²) in [5, 5.41) is 3.15. The predicted octanol–water partition coefficient (Wildman–Crippen LogP) is 3.44. The molecule has 9 heteroatoms. The molecule has 1 aliphatic heterocycles. The molecule has 4 rings (SSSR count). The molecule has 28 heavy (non-hydrogen) atoms. The van der Waals surface area contributed by atoms with Crippen LogP contribution in [0.1, 0.15) is 5.69 Å². The quantitative estimate of drug-likeness (QED) is 0.720. The van der Waals surface area contributed by atoms with Crippen molar-refractivity contribution in [1.29, 1.82) is 0 Å². The van der Waals surface area contributed by atoms with Gasteiger partial charge in [-0.1, -0.05) is 11.6 Å². The maximum absolute atomic E-state index is 13.4. The van der Waals surface area contributed by atoms with Gasteiger partial charge in [0, 0.05) is 56.0 Å². The van der Waals surface area contributed by atoms with Gasteiger partial charge in [-0.15, -0.1) is 0 Å². The normalized spacial score (nSPS) is 14.2. The molecule has 0 bridgehead atoms. The number of benzene rings is 1. The van der Waals surface area contributed by atoms with Crippen LogP contribution in [0, 0.1) is 12.7 Å². The summed E-state index contributed by atoms with van der Waals surface area (Å²) < 4.78 is 13.4. The predicted molar refractivity (Wildman–Crippen MR) is 108 cm³/mol. The summed E-state index contributed by atoms with van der Waals surface area (Å²) in [5.74, 6) is 1.58. The van der Waals surface area contributed by atoms with Crippen molar-refractivity contribution in [2.24, 2.45) is 0 Å². The van der Waals surface area contributed by atoms with Gasteiger partial charge in [-0.3, -0.25) is 0 Å². The fourth-order valence-electron chi connectivity index (χ4n) is 3.06. The van der Waals surface area contributed by atoms with E-state index in [0.717, 1.165) is 43.6 Å². The molecule has 0 saturated carbocycles. The van der Waals surface area contributed by atoms with Crippen molar-refractivity contribution >= 4 is 35.0 Å². The minimum absolute atomic E-state index is 0.0529. The molecule has 0 unspecified atom stereocenters. The van der Waals surface area contributed by atoms with Gasteiger partial charge in [0.25, 0.3) is 0 Å². The van der Waals surface area contributed by atoms with Crippen LogP contribution >= 0.6 is 11.6 Å². The summed E-state index contributed by atoms with van der Waals surface area (Å²) in [6, 6.07) is 8.20. The third-order valence-corrected chi connectivity index (χ3v) is 4.74. The van der Waals surface area contributed by atoms with Crippen LogP contribution in [0.15, 0.2) is 42.7 Å². The second kappa shape index (κ2) is 7.93. The number of hydrogen-bond acceptors (Lipinski definition) is 7. The van der Waals surface area contributed by atoms with Crippen molar-refractivity contribution < 1.29 is 4.39 Å². The number of hydrogen-bond donors (Lipinski definition) is 1. The van der Waals surface area contributed by atoms with Crippen molar-refractivity contribution in [3.8, 4) is 0 Å². The lowest BCUT2D eigenvalue weighted by Crippen LogP contribution is -2.47. The lowest BCUT2D eigenvalue weighted by atomic mass is 10.3. The first-order chi connectivity index (χ1) is 13.6. The van der Waals surface area contributed by atoms with Gasteiger partial charge in [0.15, 0.2) is 0 Å². The van der Waals surface area contributed by atoms with Gasteiger partial charge in [-0.25, -0.2) is 19.3 Å². The molecule has 3 heterocycles. The number of aryl methyl sites for hydroxylation is 1. The first kappa shape index (κ1) is 18.4. The highest BCUT2D eigenvalue weighted by Crippen LogP contribution is 2.23. The van der Waals surface area contributed by atoms with Crippen molar-refractivity contribution in [2.45, 2.75) is 6.92 Å². The summed E-state index contributed by atoms with van der Waals surface area (Å²) in [6.45, 7) is 5.14. The molecule has 7 nitrogen and oxygen atoms in total. The number of piperazine rings is 1. The fourth-order valence-corrected chi connectivity index (χ4v) is 3.24. The van der Waals surface area contributed by atoms with Crippen molar-refractivity contribution in [2.75, 3.05) is 41.3 Å². The van der Waals surface area contributed by atoms with Crippen LogP contribution in [-0.2, 0) is 0 Å². The zero-order valence-electron chi connectivity index (χ0n) is 15.3. The highest BCUT2D eigenvalue weighted by molar-refractivity contribution is 6.31. The Balaban J connectivity index is 1.47. The van der Waals surface area contributed by atoms with E-state index in [0.29, 0.717) is 11.6 Å². The van der Waals surface area contributed by atoms with E-state index in [9.17, 15) is 4.39 Å². The average Bonchev–Trinajstić information content (AvgIpc) is 2.71. The molecular weight excluding hydrogens is 381 g/mol. The summed E-state index contributed by atoms with van der Waals surface area (Å²) in [6.07, 6.45) is 3.50. The molecule has 0 radical (unpaired) electrons. The van der Waals surface area contributed by atoms with E-state index in [4.69, 9.17) is 11.6 Å². The SMILES string of the molecule is Cc1cc(N2CCN(c3ncccn3)CC2)nc(Nc2ccc(F)c(Cl)c2)n1. The molecule has 144 valence electrons. The molecule has 0 amide bonds. The molecule has 1 fully saturated rings. The number of halogens is 2. The average molecular weight is 400 g/mol. The van der Waals surface area contributed by atoms with Crippen LogP contribution in [0.5, 0.6) is 0 Å². The Morgan fingerprint density at radius 3 is 2.43 bits per heavy atom. The number of aromatic nitrogens is 4. The zero-order chi connectivity index (χ0) is 19.5. The molecule has 0 spiro atoms. The Labute approximate surface area is 167 Å². The Kier molecular flexibility index (Phi) is 5.21. The number of nitrogens with one attached hydrogen (secondary N) is 1. The molecule has 3 aromatic rings. The standard InChI is InChI=1S/C19H19ClFN7/c1-13-11-17(26-18(24-13)25-14-3-4-16(21)15(20)12-14)27-7-9-28(10-8-27)19-22-5-2-6-23-19/h2-6,11-12H,7-10H2,1H3,(H,24,25,26). The van der Waals surface area contributed by atoms with E-state index in [1.165, 1.54) is 12.1 Å². The highest BCUT2D eigenvalue weighted by atomic mass is 35.5. The summed E-state index contributed by atoms with van der Waals surface area (Å²) in [5.41, 5.74) is 1.48. The summed E-state index contributed by atoms with van der Waals surface area (Å²) in [4.78, 5) is 22.0. The van der Waals surface area contributed by atoms with E-state index in [1.807, 2.05) is 19.1 Å². The van der Waals surface area contributed by atoms with Crippen LogP contribution in [0.3, 0.4) is 0 Å². The number of nitrogens with zero attached hydrogens (tertiary/aromatic N) is 6. The monoisotopic (exact) mass is 399 g/mol. The molecule has 1 saturated heterocycles. The molecule has 0 aliphatic carbocycles.